The van der Waals surface area contributed by atoms with Crippen molar-refractivity contribution >= 4 is 11.9 Å². The summed E-state index contributed by atoms with van der Waals surface area (Å²) in [5.41, 5.74) is 0.967. The number of amides is 1. The second-order valence-corrected chi connectivity index (χ2v) is 3.09. The topological polar surface area (TPSA) is 73.4 Å². The van der Waals surface area contributed by atoms with Gasteiger partial charge in [-0.2, -0.15) is 0 Å². The number of aromatic amines is 1. The zero-order valence-electron chi connectivity index (χ0n) is 8.30. The summed E-state index contributed by atoms with van der Waals surface area (Å²) in [5.74, 6) is -1.46. The molecule has 0 aliphatic heterocycles. The Bertz CT molecular complexity index is 368. The second kappa shape index (κ2) is 4.99. The third-order valence-corrected chi connectivity index (χ3v) is 1.83. The van der Waals surface area contributed by atoms with Crippen LogP contribution in [-0.2, 0) is 16.1 Å². The molecule has 0 atom stereocenters. The number of hydrogen-bond acceptors (Lipinski definition) is 2. The van der Waals surface area contributed by atoms with E-state index < -0.39 is 5.97 Å². The summed E-state index contributed by atoms with van der Waals surface area (Å²) >= 11 is 0. The number of hydrogen-bond donors (Lipinski definition) is 2. The van der Waals surface area contributed by atoms with E-state index in [0.29, 0.717) is 6.54 Å². The van der Waals surface area contributed by atoms with Crippen LogP contribution in [-0.4, -0.2) is 33.9 Å². The zero-order valence-corrected chi connectivity index (χ0v) is 8.30. The van der Waals surface area contributed by atoms with Crippen LogP contribution >= 0.6 is 0 Å². The normalized spacial score (nSPS) is 10.5. The highest BCUT2D eigenvalue weighted by molar-refractivity contribution is 5.93. The Hall–Kier alpha value is -2.04. The van der Waals surface area contributed by atoms with Crippen LogP contribution in [0.2, 0.25) is 0 Å². The molecule has 1 rings (SSSR count). The van der Waals surface area contributed by atoms with Crippen LogP contribution in [0.3, 0.4) is 0 Å². The summed E-state index contributed by atoms with van der Waals surface area (Å²) in [6.07, 6.45) is 5.41. The maximum Gasteiger partial charge on any atom is 0.328 e. The number of carbonyl (C=O) groups excluding carboxylic acids is 1. The molecule has 5 heteroatoms. The van der Waals surface area contributed by atoms with Gasteiger partial charge in [0.25, 0.3) is 0 Å². The van der Waals surface area contributed by atoms with Gasteiger partial charge in [0, 0.05) is 38.1 Å². The van der Waals surface area contributed by atoms with E-state index in [-0.39, 0.29) is 5.91 Å². The summed E-state index contributed by atoms with van der Waals surface area (Å²) in [4.78, 5) is 25.8. The SMILES string of the molecule is CN(Cc1cc[nH]c1)C(=O)/C=C/C(=O)O. The first-order valence-electron chi connectivity index (χ1n) is 4.37. The van der Waals surface area contributed by atoms with Crippen molar-refractivity contribution in [2.45, 2.75) is 6.54 Å². The van der Waals surface area contributed by atoms with Gasteiger partial charge in [-0.25, -0.2) is 4.79 Å². The first-order valence-corrected chi connectivity index (χ1v) is 4.37. The van der Waals surface area contributed by atoms with E-state index in [0.717, 1.165) is 17.7 Å². The molecule has 0 aliphatic carbocycles. The molecule has 2 N–H and O–H groups in total. The number of aliphatic carboxylic acids is 1. The molecule has 80 valence electrons. The maximum atomic E-state index is 11.3. The summed E-state index contributed by atoms with van der Waals surface area (Å²) in [7, 11) is 1.61. The average molecular weight is 208 g/mol. The van der Waals surface area contributed by atoms with Gasteiger partial charge in [-0.05, 0) is 11.6 Å². The highest BCUT2D eigenvalue weighted by Gasteiger charge is 2.06. The van der Waals surface area contributed by atoms with Crippen molar-refractivity contribution in [1.82, 2.24) is 9.88 Å². The highest BCUT2D eigenvalue weighted by atomic mass is 16.4. The Morgan fingerprint density at radius 1 is 1.53 bits per heavy atom. The van der Waals surface area contributed by atoms with Gasteiger partial charge in [0.1, 0.15) is 0 Å². The number of aromatic nitrogens is 1. The van der Waals surface area contributed by atoms with Crippen LogP contribution in [0.1, 0.15) is 5.56 Å². The van der Waals surface area contributed by atoms with E-state index in [9.17, 15) is 9.59 Å². The molecule has 0 unspecified atom stereocenters. The van der Waals surface area contributed by atoms with Crippen LogP contribution in [0.25, 0.3) is 0 Å². The molecule has 5 nitrogen and oxygen atoms in total. The number of carbonyl (C=O) groups is 2. The van der Waals surface area contributed by atoms with Gasteiger partial charge >= 0.3 is 5.97 Å². The standard InChI is InChI=1S/C10H12N2O3/c1-12(7-8-4-5-11-6-8)9(13)2-3-10(14)15/h2-6,11H,7H2,1H3,(H,14,15)/b3-2+. The quantitative estimate of drug-likeness (QED) is 0.712. The maximum absolute atomic E-state index is 11.3. The lowest BCUT2D eigenvalue weighted by Crippen LogP contribution is -2.24. The third kappa shape index (κ3) is 3.68. The van der Waals surface area contributed by atoms with E-state index in [2.05, 4.69) is 4.98 Å². The Balaban J connectivity index is 2.50. The lowest BCUT2D eigenvalue weighted by atomic mass is 10.3. The van der Waals surface area contributed by atoms with E-state index >= 15 is 0 Å². The zero-order chi connectivity index (χ0) is 11.3. The predicted molar refractivity (Wildman–Crippen MR) is 54.0 cm³/mol. The summed E-state index contributed by atoms with van der Waals surface area (Å²) in [6.45, 7) is 0.451. The first kappa shape index (κ1) is 11.0. The molecule has 0 bridgehead atoms. The molecule has 0 aliphatic rings. The lowest BCUT2D eigenvalue weighted by Gasteiger charge is -2.13. The lowest BCUT2D eigenvalue weighted by molar-refractivity contribution is -0.132. The molecule has 0 spiro atoms. The third-order valence-electron chi connectivity index (χ3n) is 1.83. The van der Waals surface area contributed by atoms with E-state index in [4.69, 9.17) is 5.11 Å². The molecule has 0 radical (unpaired) electrons. The molecule has 1 amide bonds. The van der Waals surface area contributed by atoms with Crippen molar-refractivity contribution < 1.29 is 14.7 Å². The number of likely N-dealkylation sites (N-methyl/N-ethyl adjacent to an activating group) is 1. The first-order chi connectivity index (χ1) is 7.09. The van der Waals surface area contributed by atoms with E-state index in [1.165, 1.54) is 4.90 Å². The number of nitrogens with one attached hydrogen (secondary N) is 1. The van der Waals surface area contributed by atoms with Crippen LogP contribution in [0.4, 0.5) is 0 Å². The minimum atomic E-state index is -1.13. The van der Waals surface area contributed by atoms with Crippen LogP contribution in [0.15, 0.2) is 30.6 Å². The van der Waals surface area contributed by atoms with Crippen molar-refractivity contribution in [3.8, 4) is 0 Å². The van der Waals surface area contributed by atoms with Gasteiger partial charge in [-0.3, -0.25) is 4.79 Å². The smallest absolute Gasteiger partial charge is 0.328 e. The summed E-state index contributed by atoms with van der Waals surface area (Å²) in [5, 5.41) is 8.34. The summed E-state index contributed by atoms with van der Waals surface area (Å²) < 4.78 is 0. The van der Waals surface area contributed by atoms with Gasteiger partial charge in [0.05, 0.1) is 0 Å². The number of carboxylic acid groups (broad SMARTS) is 1. The molecule has 1 aromatic rings. The molecule has 1 heterocycles. The molecule has 0 aromatic carbocycles. The Morgan fingerprint density at radius 2 is 2.27 bits per heavy atom. The largest absolute Gasteiger partial charge is 0.478 e. The predicted octanol–water partition coefficient (Wildman–Crippen LogP) is 0.614. The van der Waals surface area contributed by atoms with Crippen molar-refractivity contribution in [1.29, 1.82) is 0 Å². The molecular formula is C10H12N2O3. The van der Waals surface area contributed by atoms with Gasteiger partial charge in [0.15, 0.2) is 0 Å². The fourth-order valence-corrected chi connectivity index (χ4v) is 1.08. The molecule has 0 saturated heterocycles. The number of nitrogens with zero attached hydrogens (tertiary/aromatic N) is 1. The Kier molecular flexibility index (Phi) is 3.68. The number of rotatable bonds is 4. The van der Waals surface area contributed by atoms with Crippen molar-refractivity contribution in [3.63, 3.8) is 0 Å². The molecule has 0 fully saturated rings. The summed E-state index contributed by atoms with van der Waals surface area (Å²) in [6, 6.07) is 1.85. The van der Waals surface area contributed by atoms with Crippen molar-refractivity contribution in [2.24, 2.45) is 0 Å². The molecular weight excluding hydrogens is 196 g/mol. The van der Waals surface area contributed by atoms with Crippen molar-refractivity contribution in [3.05, 3.63) is 36.2 Å². The Labute approximate surface area is 87.0 Å². The van der Waals surface area contributed by atoms with Crippen LogP contribution < -0.4 is 0 Å². The molecule has 0 saturated carbocycles. The van der Waals surface area contributed by atoms with E-state index in [1.807, 2.05) is 6.07 Å². The molecule has 1 aromatic heterocycles. The minimum absolute atomic E-state index is 0.335. The fraction of sp³-hybridized carbons (Fsp3) is 0.200. The van der Waals surface area contributed by atoms with Gasteiger partial charge < -0.3 is 15.0 Å². The van der Waals surface area contributed by atoms with Gasteiger partial charge in [-0.1, -0.05) is 0 Å². The van der Waals surface area contributed by atoms with Gasteiger partial charge in [-0.15, -0.1) is 0 Å². The highest BCUT2D eigenvalue weighted by Crippen LogP contribution is 2.01. The molecule has 15 heavy (non-hydrogen) atoms. The minimum Gasteiger partial charge on any atom is -0.478 e. The van der Waals surface area contributed by atoms with Crippen molar-refractivity contribution in [2.75, 3.05) is 7.05 Å². The average Bonchev–Trinajstić information content (AvgIpc) is 2.66. The second-order valence-electron chi connectivity index (χ2n) is 3.09. The Morgan fingerprint density at radius 3 is 2.80 bits per heavy atom. The number of carboxylic acids is 1. The number of H-pyrrole nitrogens is 1. The van der Waals surface area contributed by atoms with Gasteiger partial charge in [0.2, 0.25) is 5.91 Å². The van der Waals surface area contributed by atoms with Crippen LogP contribution in [0, 0.1) is 0 Å². The monoisotopic (exact) mass is 208 g/mol. The van der Waals surface area contributed by atoms with E-state index in [1.54, 1.807) is 19.4 Å². The fourth-order valence-electron chi connectivity index (χ4n) is 1.08. The van der Waals surface area contributed by atoms with Crippen LogP contribution in [0.5, 0.6) is 0 Å².